The number of nitrogen functional groups attached to an aromatic ring is 1. The molecule has 0 unspecified atom stereocenters. The zero-order chi connectivity index (χ0) is 12.1. The largest absolute Gasteiger partial charge is 0.399 e. The molecular weight excluding hydrogens is 210 g/mol. The molecule has 3 heteroatoms. The summed E-state index contributed by atoms with van der Waals surface area (Å²) in [4.78, 5) is 0. The molecule has 0 aromatic heterocycles. The molecule has 0 amide bonds. The lowest BCUT2D eigenvalue weighted by molar-refractivity contribution is 0.871. The molecular formula is C14H13N3. The van der Waals surface area contributed by atoms with E-state index in [1.165, 1.54) is 0 Å². The van der Waals surface area contributed by atoms with Gasteiger partial charge in [-0.05, 0) is 48.9 Å². The van der Waals surface area contributed by atoms with Gasteiger partial charge < -0.3 is 5.73 Å². The molecule has 2 saturated carbocycles. The van der Waals surface area contributed by atoms with E-state index in [-0.39, 0.29) is 10.8 Å². The molecule has 0 heterocycles. The lowest BCUT2D eigenvalue weighted by Gasteiger charge is -2.13. The van der Waals surface area contributed by atoms with Crippen molar-refractivity contribution in [3.8, 4) is 12.1 Å². The highest BCUT2D eigenvalue weighted by Gasteiger charge is 2.48. The molecule has 17 heavy (non-hydrogen) atoms. The minimum atomic E-state index is -0.324. The molecule has 2 aliphatic carbocycles. The lowest BCUT2D eigenvalue weighted by atomic mass is 9.89. The van der Waals surface area contributed by atoms with Crippen LogP contribution in [0, 0.1) is 22.7 Å². The Morgan fingerprint density at radius 3 is 1.59 bits per heavy atom. The summed E-state index contributed by atoms with van der Waals surface area (Å²) in [6.45, 7) is 0. The molecule has 84 valence electrons. The highest BCUT2D eigenvalue weighted by Crippen LogP contribution is 2.52. The summed E-state index contributed by atoms with van der Waals surface area (Å²) in [6, 6.07) is 10.5. The van der Waals surface area contributed by atoms with Crippen LogP contribution in [0.5, 0.6) is 0 Å². The first-order chi connectivity index (χ1) is 8.14. The second-order valence-corrected chi connectivity index (χ2v) is 5.23. The topological polar surface area (TPSA) is 73.6 Å². The highest BCUT2D eigenvalue weighted by molar-refractivity contribution is 5.55. The molecule has 2 aliphatic rings. The number of hydrogen-bond acceptors (Lipinski definition) is 3. The van der Waals surface area contributed by atoms with E-state index in [0.29, 0.717) is 5.69 Å². The Labute approximate surface area is 100 Å². The monoisotopic (exact) mass is 223 g/mol. The van der Waals surface area contributed by atoms with Crippen molar-refractivity contribution in [2.75, 3.05) is 5.73 Å². The zero-order valence-electron chi connectivity index (χ0n) is 9.53. The van der Waals surface area contributed by atoms with Crippen LogP contribution in [0.25, 0.3) is 0 Å². The van der Waals surface area contributed by atoms with Crippen molar-refractivity contribution in [1.82, 2.24) is 0 Å². The van der Waals surface area contributed by atoms with Crippen molar-refractivity contribution in [1.29, 1.82) is 10.5 Å². The SMILES string of the molecule is N#CC1(c2cc(N)cc(C3(C#N)CC3)c2)CC1. The number of anilines is 1. The van der Waals surface area contributed by atoms with Crippen LogP contribution in [0.1, 0.15) is 36.8 Å². The van der Waals surface area contributed by atoms with E-state index >= 15 is 0 Å². The first-order valence-corrected chi connectivity index (χ1v) is 5.88. The molecule has 1 aromatic rings. The summed E-state index contributed by atoms with van der Waals surface area (Å²) < 4.78 is 0. The van der Waals surface area contributed by atoms with Gasteiger partial charge in [0.05, 0.1) is 23.0 Å². The predicted octanol–water partition coefficient (Wildman–Crippen LogP) is 2.38. The fourth-order valence-corrected chi connectivity index (χ4v) is 2.38. The summed E-state index contributed by atoms with van der Waals surface area (Å²) in [5.74, 6) is 0. The lowest BCUT2D eigenvalue weighted by Crippen LogP contribution is -2.09. The van der Waals surface area contributed by atoms with Crippen LogP contribution >= 0.6 is 0 Å². The minimum absolute atomic E-state index is 0.324. The fourth-order valence-electron chi connectivity index (χ4n) is 2.38. The summed E-state index contributed by atoms with van der Waals surface area (Å²) in [5, 5.41) is 18.4. The van der Waals surface area contributed by atoms with Crippen molar-refractivity contribution in [3.05, 3.63) is 29.3 Å². The van der Waals surface area contributed by atoms with Gasteiger partial charge in [0.25, 0.3) is 0 Å². The van der Waals surface area contributed by atoms with Gasteiger partial charge in [0.15, 0.2) is 0 Å². The molecule has 1 aromatic carbocycles. The summed E-state index contributed by atoms with van der Waals surface area (Å²) >= 11 is 0. The maximum atomic E-state index is 9.21. The highest BCUT2D eigenvalue weighted by atomic mass is 14.6. The Bertz CT molecular complexity index is 518. The van der Waals surface area contributed by atoms with E-state index in [0.717, 1.165) is 36.8 Å². The average molecular weight is 223 g/mol. The molecule has 0 bridgehead atoms. The van der Waals surface area contributed by atoms with Crippen molar-refractivity contribution in [3.63, 3.8) is 0 Å². The minimum Gasteiger partial charge on any atom is -0.399 e. The van der Waals surface area contributed by atoms with Crippen LogP contribution < -0.4 is 5.73 Å². The molecule has 0 atom stereocenters. The number of nitriles is 2. The maximum absolute atomic E-state index is 9.21. The van der Waals surface area contributed by atoms with Crippen molar-refractivity contribution < 1.29 is 0 Å². The van der Waals surface area contributed by atoms with Crippen LogP contribution in [-0.2, 0) is 10.8 Å². The summed E-state index contributed by atoms with van der Waals surface area (Å²) in [5.41, 5.74) is 7.91. The third kappa shape index (κ3) is 1.40. The van der Waals surface area contributed by atoms with Crippen molar-refractivity contribution in [2.24, 2.45) is 0 Å². The van der Waals surface area contributed by atoms with Crippen molar-refractivity contribution in [2.45, 2.75) is 36.5 Å². The van der Waals surface area contributed by atoms with Gasteiger partial charge in [-0.15, -0.1) is 0 Å². The average Bonchev–Trinajstić information content (AvgIpc) is 3.23. The Morgan fingerprint density at radius 2 is 1.29 bits per heavy atom. The Kier molecular flexibility index (Phi) is 1.81. The van der Waals surface area contributed by atoms with Gasteiger partial charge in [-0.25, -0.2) is 0 Å². The van der Waals surface area contributed by atoms with Gasteiger partial charge >= 0.3 is 0 Å². The summed E-state index contributed by atoms with van der Waals surface area (Å²) in [6.07, 6.45) is 3.63. The van der Waals surface area contributed by atoms with E-state index in [1.54, 1.807) is 0 Å². The smallest absolute Gasteiger partial charge is 0.0824 e. The Hall–Kier alpha value is -2.00. The molecule has 2 fully saturated rings. The second kappa shape index (κ2) is 3.02. The molecule has 2 N–H and O–H groups in total. The first-order valence-electron chi connectivity index (χ1n) is 5.88. The fraction of sp³-hybridized carbons (Fsp3) is 0.429. The number of hydrogen-bond donors (Lipinski definition) is 1. The van der Waals surface area contributed by atoms with Gasteiger partial charge in [-0.1, -0.05) is 6.07 Å². The van der Waals surface area contributed by atoms with E-state index in [9.17, 15) is 10.5 Å². The molecule has 3 nitrogen and oxygen atoms in total. The molecule has 0 spiro atoms. The van der Waals surface area contributed by atoms with Crippen LogP contribution in [0.3, 0.4) is 0 Å². The first kappa shape index (κ1) is 10.2. The molecule has 0 aliphatic heterocycles. The van der Waals surface area contributed by atoms with Gasteiger partial charge in [-0.2, -0.15) is 10.5 Å². The zero-order valence-corrected chi connectivity index (χ0v) is 9.53. The predicted molar refractivity (Wildman–Crippen MR) is 63.9 cm³/mol. The van der Waals surface area contributed by atoms with E-state index in [2.05, 4.69) is 12.1 Å². The second-order valence-electron chi connectivity index (χ2n) is 5.23. The van der Waals surface area contributed by atoms with Gasteiger partial charge in [0, 0.05) is 5.69 Å². The molecule has 0 saturated heterocycles. The Balaban J connectivity index is 2.09. The number of nitrogens with zero attached hydrogens (tertiary/aromatic N) is 2. The van der Waals surface area contributed by atoms with Gasteiger partial charge in [0.2, 0.25) is 0 Å². The molecule has 3 rings (SSSR count). The van der Waals surface area contributed by atoms with E-state index in [1.807, 2.05) is 18.2 Å². The quantitative estimate of drug-likeness (QED) is 0.782. The Morgan fingerprint density at radius 1 is 0.882 bits per heavy atom. The summed E-state index contributed by atoms with van der Waals surface area (Å²) in [7, 11) is 0. The number of benzene rings is 1. The van der Waals surface area contributed by atoms with Crippen LogP contribution in [0.15, 0.2) is 18.2 Å². The van der Waals surface area contributed by atoms with E-state index in [4.69, 9.17) is 5.73 Å². The number of nitrogens with two attached hydrogens (primary N) is 1. The van der Waals surface area contributed by atoms with Crippen LogP contribution in [0.4, 0.5) is 5.69 Å². The third-order valence-electron chi connectivity index (χ3n) is 3.99. The standard InChI is InChI=1S/C14H13N3/c15-8-13(1-2-13)10-5-11(7-12(17)6-10)14(9-16)3-4-14/h5-7H,1-4,17H2. The van der Waals surface area contributed by atoms with Crippen molar-refractivity contribution >= 4 is 5.69 Å². The van der Waals surface area contributed by atoms with Crippen LogP contribution in [0.2, 0.25) is 0 Å². The van der Waals surface area contributed by atoms with E-state index < -0.39 is 0 Å². The normalized spacial score (nSPS) is 22.2. The number of rotatable bonds is 2. The maximum Gasteiger partial charge on any atom is 0.0824 e. The van der Waals surface area contributed by atoms with Gasteiger partial charge in [-0.3, -0.25) is 0 Å². The van der Waals surface area contributed by atoms with Gasteiger partial charge in [0.1, 0.15) is 0 Å². The third-order valence-corrected chi connectivity index (χ3v) is 3.99. The molecule has 0 radical (unpaired) electrons. The van der Waals surface area contributed by atoms with Crippen LogP contribution in [-0.4, -0.2) is 0 Å².